The van der Waals surface area contributed by atoms with Crippen LogP contribution in [0.3, 0.4) is 0 Å². The molecule has 0 N–H and O–H groups in total. The molecule has 0 bridgehead atoms. The van der Waals surface area contributed by atoms with Gasteiger partial charge in [-0.3, -0.25) is 4.79 Å². The van der Waals surface area contributed by atoms with Gasteiger partial charge in [0.1, 0.15) is 0 Å². The fourth-order valence-corrected chi connectivity index (χ4v) is 2.92. The minimum atomic E-state index is -0.0134. The number of hydrogen-bond donors (Lipinski definition) is 0. The van der Waals surface area contributed by atoms with Crippen molar-refractivity contribution in [3.63, 3.8) is 0 Å². The average molecular weight is 246 g/mol. The number of carbonyl (C=O) groups is 1. The monoisotopic (exact) mass is 246 g/mol. The molecule has 0 radical (unpaired) electrons. The topological polar surface area (TPSA) is 26.3 Å². The van der Waals surface area contributed by atoms with Gasteiger partial charge in [-0.15, -0.1) is 0 Å². The largest absolute Gasteiger partial charge is 0.374 e. The van der Waals surface area contributed by atoms with Crippen LogP contribution in [0.2, 0.25) is 0 Å². The first-order valence-electron chi connectivity index (χ1n) is 6.69. The van der Waals surface area contributed by atoms with Crippen LogP contribution < -0.4 is 0 Å². The third kappa shape index (κ3) is 2.10. The lowest BCUT2D eigenvalue weighted by Gasteiger charge is -2.18. The van der Waals surface area contributed by atoms with Crippen molar-refractivity contribution in [1.82, 2.24) is 0 Å². The van der Waals surface area contributed by atoms with Crippen LogP contribution in [0.15, 0.2) is 18.2 Å². The molecule has 2 nitrogen and oxygen atoms in total. The van der Waals surface area contributed by atoms with Gasteiger partial charge in [0, 0.05) is 5.56 Å². The van der Waals surface area contributed by atoms with Crippen LogP contribution in [-0.4, -0.2) is 18.0 Å². The molecule has 98 valence electrons. The molecule has 1 aliphatic heterocycles. The first-order valence-corrected chi connectivity index (χ1v) is 6.69. The number of carbonyl (C=O) groups excluding carboxylic acids is 1. The van der Waals surface area contributed by atoms with Crippen LogP contribution >= 0.6 is 0 Å². The number of rotatable bonds is 2. The lowest BCUT2D eigenvalue weighted by molar-refractivity contribution is 0.0491. The van der Waals surface area contributed by atoms with E-state index in [9.17, 15) is 4.79 Å². The molecule has 2 rings (SSSR count). The van der Waals surface area contributed by atoms with Crippen LogP contribution in [0.25, 0.3) is 0 Å². The Bertz CT molecular complexity index is 464. The zero-order chi connectivity index (χ0) is 13.4. The molecule has 1 aliphatic rings. The Morgan fingerprint density at radius 1 is 1.11 bits per heavy atom. The highest BCUT2D eigenvalue weighted by Crippen LogP contribution is 2.35. The van der Waals surface area contributed by atoms with Crippen molar-refractivity contribution in [2.24, 2.45) is 11.8 Å². The summed E-state index contributed by atoms with van der Waals surface area (Å²) in [5.41, 5.74) is 3.13. The number of ether oxygens (including phenoxy) is 1. The quantitative estimate of drug-likeness (QED) is 0.746. The standard InChI is InChI=1S/C16H22O2/c1-9-7-6-8-14(10(9)2)16(17)15-11(3)12(4)18-13(15)5/h6-8,11-13,15H,1-5H3. The summed E-state index contributed by atoms with van der Waals surface area (Å²) in [7, 11) is 0. The van der Waals surface area contributed by atoms with E-state index in [-0.39, 0.29) is 29.8 Å². The number of Topliss-reactive ketones (excluding diaryl/α,β-unsaturated/α-hetero) is 1. The Kier molecular flexibility index (Phi) is 3.58. The third-order valence-corrected chi connectivity index (χ3v) is 4.41. The summed E-state index contributed by atoms with van der Waals surface area (Å²) in [5.74, 6) is 0.508. The van der Waals surface area contributed by atoms with Crippen LogP contribution in [0.4, 0.5) is 0 Å². The second-order valence-corrected chi connectivity index (χ2v) is 5.54. The summed E-state index contributed by atoms with van der Waals surface area (Å²) in [5, 5.41) is 0. The lowest BCUT2D eigenvalue weighted by Crippen LogP contribution is -2.27. The van der Waals surface area contributed by atoms with E-state index >= 15 is 0 Å². The molecule has 1 aromatic rings. The molecule has 2 heteroatoms. The maximum atomic E-state index is 12.7. The fourth-order valence-electron chi connectivity index (χ4n) is 2.92. The summed E-state index contributed by atoms with van der Waals surface area (Å²) in [6.07, 6.45) is 0.182. The van der Waals surface area contributed by atoms with Crippen LogP contribution in [-0.2, 0) is 4.74 Å². The summed E-state index contributed by atoms with van der Waals surface area (Å²) in [6.45, 7) is 10.2. The zero-order valence-electron chi connectivity index (χ0n) is 11.9. The van der Waals surface area contributed by atoms with Crippen molar-refractivity contribution < 1.29 is 9.53 Å². The zero-order valence-corrected chi connectivity index (χ0v) is 11.9. The van der Waals surface area contributed by atoms with Crippen molar-refractivity contribution in [2.75, 3.05) is 0 Å². The highest BCUT2D eigenvalue weighted by Gasteiger charge is 2.41. The van der Waals surface area contributed by atoms with Gasteiger partial charge in [-0.2, -0.15) is 0 Å². The van der Waals surface area contributed by atoms with Crippen molar-refractivity contribution in [2.45, 2.75) is 46.8 Å². The van der Waals surface area contributed by atoms with E-state index in [0.29, 0.717) is 0 Å². The smallest absolute Gasteiger partial charge is 0.169 e. The third-order valence-electron chi connectivity index (χ3n) is 4.41. The average Bonchev–Trinajstić information content (AvgIpc) is 2.56. The Hall–Kier alpha value is -1.15. The van der Waals surface area contributed by atoms with E-state index in [0.717, 1.165) is 11.1 Å². The Morgan fingerprint density at radius 2 is 1.78 bits per heavy atom. The van der Waals surface area contributed by atoms with Gasteiger partial charge in [-0.05, 0) is 44.7 Å². The second kappa shape index (κ2) is 4.85. The molecule has 4 atom stereocenters. The van der Waals surface area contributed by atoms with Crippen molar-refractivity contribution >= 4 is 5.78 Å². The van der Waals surface area contributed by atoms with Crippen molar-refractivity contribution in [1.29, 1.82) is 0 Å². The lowest BCUT2D eigenvalue weighted by atomic mass is 9.82. The van der Waals surface area contributed by atoms with Crippen LogP contribution in [0.1, 0.15) is 42.3 Å². The molecule has 1 heterocycles. The number of aryl methyl sites for hydroxylation is 1. The molecular formula is C16H22O2. The Labute approximate surface area is 109 Å². The minimum absolute atomic E-state index is 0.0134. The van der Waals surface area contributed by atoms with Crippen LogP contribution in [0, 0.1) is 25.7 Å². The van der Waals surface area contributed by atoms with E-state index in [4.69, 9.17) is 4.74 Å². The molecule has 4 unspecified atom stereocenters. The molecule has 0 aromatic heterocycles. The molecule has 1 saturated heterocycles. The minimum Gasteiger partial charge on any atom is -0.374 e. The number of ketones is 1. The maximum absolute atomic E-state index is 12.7. The molecule has 0 spiro atoms. The van der Waals surface area contributed by atoms with E-state index in [1.807, 2.05) is 39.0 Å². The second-order valence-electron chi connectivity index (χ2n) is 5.54. The SMILES string of the molecule is Cc1cccc(C(=O)C2C(C)OC(C)C2C)c1C. The van der Waals surface area contributed by atoms with Gasteiger partial charge in [0.25, 0.3) is 0 Å². The fraction of sp³-hybridized carbons (Fsp3) is 0.562. The number of hydrogen-bond acceptors (Lipinski definition) is 2. The Morgan fingerprint density at radius 3 is 2.33 bits per heavy atom. The molecule has 0 aliphatic carbocycles. The highest BCUT2D eigenvalue weighted by molar-refractivity contribution is 6.00. The van der Waals surface area contributed by atoms with E-state index in [2.05, 4.69) is 13.8 Å². The van der Waals surface area contributed by atoms with Gasteiger partial charge in [-0.1, -0.05) is 25.1 Å². The summed E-state index contributed by atoms with van der Waals surface area (Å²) >= 11 is 0. The molecule has 0 amide bonds. The molecule has 1 aromatic carbocycles. The van der Waals surface area contributed by atoms with Crippen LogP contribution in [0.5, 0.6) is 0 Å². The van der Waals surface area contributed by atoms with Gasteiger partial charge >= 0.3 is 0 Å². The summed E-state index contributed by atoms with van der Waals surface area (Å²) in [4.78, 5) is 12.7. The summed E-state index contributed by atoms with van der Waals surface area (Å²) in [6, 6.07) is 5.95. The van der Waals surface area contributed by atoms with Gasteiger partial charge < -0.3 is 4.74 Å². The van der Waals surface area contributed by atoms with Gasteiger partial charge in [0.05, 0.1) is 18.1 Å². The maximum Gasteiger partial charge on any atom is 0.169 e. The Balaban J connectivity index is 2.34. The normalized spacial score (nSPS) is 31.6. The van der Waals surface area contributed by atoms with E-state index in [1.165, 1.54) is 5.56 Å². The van der Waals surface area contributed by atoms with Gasteiger partial charge in [-0.25, -0.2) is 0 Å². The van der Waals surface area contributed by atoms with Crippen molar-refractivity contribution in [3.8, 4) is 0 Å². The first-order chi connectivity index (χ1) is 8.43. The predicted molar refractivity (Wildman–Crippen MR) is 72.9 cm³/mol. The van der Waals surface area contributed by atoms with Crippen molar-refractivity contribution in [3.05, 3.63) is 34.9 Å². The molecule has 1 fully saturated rings. The summed E-state index contributed by atoms with van der Waals surface area (Å²) < 4.78 is 5.78. The molecule has 0 saturated carbocycles. The van der Waals surface area contributed by atoms with Gasteiger partial charge in [0.2, 0.25) is 0 Å². The predicted octanol–water partition coefficient (Wildman–Crippen LogP) is 3.55. The molecular weight excluding hydrogens is 224 g/mol. The first kappa shape index (κ1) is 13.3. The number of benzene rings is 1. The molecule has 18 heavy (non-hydrogen) atoms. The van der Waals surface area contributed by atoms with E-state index < -0.39 is 0 Å². The van der Waals surface area contributed by atoms with E-state index in [1.54, 1.807) is 0 Å². The van der Waals surface area contributed by atoms with Gasteiger partial charge in [0.15, 0.2) is 5.78 Å². The highest BCUT2D eigenvalue weighted by atomic mass is 16.5.